The Morgan fingerprint density at radius 3 is 2.08 bits per heavy atom. The number of carbonyl (C=O) groups is 1. The van der Waals surface area contributed by atoms with Crippen LogP contribution in [-0.2, 0) is 19.5 Å². The topological polar surface area (TPSA) is 92.3 Å². The number of rotatable bonds is 13. The van der Waals surface area contributed by atoms with Gasteiger partial charge < -0.3 is 14.4 Å². The second-order valence-corrected chi connectivity index (χ2v) is 12.0. The lowest BCUT2D eigenvalue weighted by molar-refractivity contribution is 0.0985. The molecule has 0 saturated heterocycles. The predicted molar refractivity (Wildman–Crippen MR) is 156 cm³/mol. The molecule has 12 heteroatoms. The molecule has 1 heterocycles. The molecule has 3 aromatic rings. The lowest BCUT2D eigenvalue weighted by atomic mass is 10.1. The standard InChI is InChI=1S/C26H36N4O5S2.ClH/c1-19-7-12-23-24(20(19)2)27-26(36-23)30(14-13-28(3)4)25(31)21-8-10-22(11-9-21)37(32,33)29(15-17-34-5)16-18-35-6;/h7-12H,13-18H2,1-6H3;1H. The number of anilines is 1. The molecule has 210 valence electrons. The van der Waals surface area contributed by atoms with E-state index in [9.17, 15) is 13.2 Å². The normalized spacial score (nSPS) is 11.8. The van der Waals surface area contributed by atoms with Crippen molar-refractivity contribution in [2.75, 3.05) is 72.6 Å². The highest BCUT2D eigenvalue weighted by molar-refractivity contribution is 7.89. The number of hydrogen-bond acceptors (Lipinski definition) is 8. The van der Waals surface area contributed by atoms with Gasteiger partial charge in [0.2, 0.25) is 10.0 Å². The molecule has 38 heavy (non-hydrogen) atoms. The summed E-state index contributed by atoms with van der Waals surface area (Å²) in [5, 5.41) is 0.623. The van der Waals surface area contributed by atoms with Crippen LogP contribution in [0.2, 0.25) is 0 Å². The lowest BCUT2D eigenvalue weighted by Crippen LogP contribution is -2.37. The third-order valence-corrected chi connectivity index (χ3v) is 9.11. The maximum absolute atomic E-state index is 13.6. The number of fused-ring (bicyclic) bond motifs is 1. The van der Waals surface area contributed by atoms with Crippen molar-refractivity contribution in [1.29, 1.82) is 0 Å². The number of aromatic nitrogens is 1. The number of benzene rings is 2. The van der Waals surface area contributed by atoms with Crippen LogP contribution in [0, 0.1) is 13.8 Å². The Hall–Kier alpha value is -2.12. The summed E-state index contributed by atoms with van der Waals surface area (Å²) >= 11 is 1.48. The number of hydrogen-bond donors (Lipinski definition) is 0. The molecule has 0 N–H and O–H groups in total. The van der Waals surface area contributed by atoms with Gasteiger partial charge in [-0.3, -0.25) is 9.69 Å². The number of halogens is 1. The van der Waals surface area contributed by atoms with E-state index in [1.54, 1.807) is 17.0 Å². The number of amides is 1. The van der Waals surface area contributed by atoms with E-state index in [0.717, 1.165) is 21.3 Å². The van der Waals surface area contributed by atoms with Crippen LogP contribution in [0.1, 0.15) is 21.5 Å². The smallest absolute Gasteiger partial charge is 0.260 e. The second-order valence-electron chi connectivity index (χ2n) is 9.02. The molecule has 0 spiro atoms. The van der Waals surface area contributed by atoms with Gasteiger partial charge in [0.05, 0.1) is 28.3 Å². The molecule has 1 aromatic heterocycles. The zero-order valence-corrected chi connectivity index (χ0v) is 25.2. The molecule has 3 rings (SSSR count). The van der Waals surface area contributed by atoms with Crippen molar-refractivity contribution in [2.45, 2.75) is 18.7 Å². The Labute approximate surface area is 235 Å². The van der Waals surface area contributed by atoms with Crippen molar-refractivity contribution in [3.8, 4) is 0 Å². The maximum atomic E-state index is 13.6. The summed E-state index contributed by atoms with van der Waals surface area (Å²) in [5.74, 6) is -0.227. The van der Waals surface area contributed by atoms with E-state index in [1.165, 1.54) is 42.0 Å². The second kappa shape index (κ2) is 14.3. The average Bonchev–Trinajstić information content (AvgIpc) is 3.31. The highest BCUT2D eigenvalue weighted by Gasteiger charge is 2.26. The van der Waals surface area contributed by atoms with Crippen LogP contribution in [0.3, 0.4) is 0 Å². The molecule has 0 atom stereocenters. The van der Waals surface area contributed by atoms with Crippen molar-refractivity contribution < 1.29 is 22.7 Å². The Kier molecular flexibility index (Phi) is 12.1. The highest BCUT2D eigenvalue weighted by Crippen LogP contribution is 2.32. The number of ether oxygens (including phenoxy) is 2. The van der Waals surface area contributed by atoms with E-state index in [-0.39, 0.29) is 49.5 Å². The molecule has 0 bridgehead atoms. The van der Waals surface area contributed by atoms with Gasteiger partial charge in [-0.1, -0.05) is 17.4 Å². The van der Waals surface area contributed by atoms with Crippen LogP contribution in [0.5, 0.6) is 0 Å². The Bertz CT molecular complexity index is 1310. The summed E-state index contributed by atoms with van der Waals surface area (Å²) in [5.41, 5.74) is 3.54. The molecule has 0 unspecified atom stereocenters. The molecular formula is C26H37ClN4O5S2. The van der Waals surface area contributed by atoms with Gasteiger partial charge in [0.25, 0.3) is 5.91 Å². The van der Waals surface area contributed by atoms with Gasteiger partial charge >= 0.3 is 0 Å². The number of carbonyl (C=O) groups excluding carboxylic acids is 1. The molecule has 1 amide bonds. The van der Waals surface area contributed by atoms with Gasteiger partial charge in [-0.05, 0) is 69.4 Å². The average molecular weight is 585 g/mol. The summed E-state index contributed by atoms with van der Waals surface area (Å²) in [4.78, 5) is 22.3. The van der Waals surface area contributed by atoms with Gasteiger partial charge in [0.1, 0.15) is 0 Å². The van der Waals surface area contributed by atoms with Gasteiger partial charge in [-0.15, -0.1) is 12.4 Å². The molecule has 9 nitrogen and oxygen atoms in total. The minimum Gasteiger partial charge on any atom is -0.383 e. The summed E-state index contributed by atoms with van der Waals surface area (Å²) < 4.78 is 38.9. The van der Waals surface area contributed by atoms with Crippen molar-refractivity contribution in [3.63, 3.8) is 0 Å². The first kappa shape index (κ1) is 32.1. The number of likely N-dealkylation sites (N-methyl/N-ethyl adjacent to an activating group) is 1. The Balaban J connectivity index is 0.00000507. The molecule has 0 aliphatic carbocycles. The van der Waals surface area contributed by atoms with E-state index in [4.69, 9.17) is 14.5 Å². The molecular weight excluding hydrogens is 548 g/mol. The van der Waals surface area contributed by atoms with Crippen molar-refractivity contribution in [1.82, 2.24) is 14.2 Å². The third-order valence-electron chi connectivity index (χ3n) is 6.15. The van der Waals surface area contributed by atoms with Gasteiger partial charge in [-0.2, -0.15) is 4.31 Å². The van der Waals surface area contributed by atoms with E-state index in [0.29, 0.717) is 23.8 Å². The molecule has 0 radical (unpaired) electrons. The predicted octanol–water partition coefficient (Wildman–Crippen LogP) is 3.83. The van der Waals surface area contributed by atoms with Gasteiger partial charge in [0, 0.05) is 46.0 Å². The third kappa shape index (κ3) is 7.50. The fourth-order valence-electron chi connectivity index (χ4n) is 3.73. The molecule has 2 aromatic carbocycles. The van der Waals surface area contributed by atoms with Crippen LogP contribution in [-0.4, -0.2) is 96.2 Å². The summed E-state index contributed by atoms with van der Waals surface area (Å²) in [6.45, 7) is 6.13. The SMILES string of the molecule is COCCN(CCOC)S(=O)(=O)c1ccc(C(=O)N(CCN(C)C)c2nc3c(C)c(C)ccc3s2)cc1.Cl. The quantitative estimate of drug-likeness (QED) is 0.301. The maximum Gasteiger partial charge on any atom is 0.260 e. The van der Waals surface area contributed by atoms with Gasteiger partial charge in [0.15, 0.2) is 5.13 Å². The fraction of sp³-hybridized carbons (Fsp3) is 0.462. The van der Waals surface area contributed by atoms with E-state index in [2.05, 4.69) is 6.07 Å². The van der Waals surface area contributed by atoms with Crippen LogP contribution in [0.25, 0.3) is 10.2 Å². The monoisotopic (exact) mass is 584 g/mol. The zero-order valence-electron chi connectivity index (χ0n) is 22.8. The molecule has 0 aliphatic heterocycles. The first-order valence-corrected chi connectivity index (χ1v) is 14.3. The van der Waals surface area contributed by atoms with E-state index < -0.39 is 10.0 Å². The Morgan fingerprint density at radius 2 is 1.53 bits per heavy atom. The molecule has 0 fully saturated rings. The summed E-state index contributed by atoms with van der Waals surface area (Å²) in [6, 6.07) is 10.2. The fourth-order valence-corrected chi connectivity index (χ4v) is 6.18. The van der Waals surface area contributed by atoms with Gasteiger partial charge in [-0.25, -0.2) is 13.4 Å². The summed E-state index contributed by atoms with van der Waals surface area (Å²) in [6.07, 6.45) is 0. The number of aryl methyl sites for hydroxylation is 2. The zero-order chi connectivity index (χ0) is 27.2. The van der Waals surface area contributed by atoms with Crippen LogP contribution in [0.4, 0.5) is 5.13 Å². The first-order valence-electron chi connectivity index (χ1n) is 12.0. The van der Waals surface area contributed by atoms with Crippen LogP contribution >= 0.6 is 23.7 Å². The molecule has 0 saturated carbocycles. The van der Waals surface area contributed by atoms with Crippen molar-refractivity contribution in [2.24, 2.45) is 0 Å². The first-order chi connectivity index (χ1) is 17.6. The highest BCUT2D eigenvalue weighted by atomic mass is 35.5. The lowest BCUT2D eigenvalue weighted by Gasteiger charge is -2.23. The number of sulfonamides is 1. The molecule has 0 aliphatic rings. The van der Waals surface area contributed by atoms with E-state index in [1.807, 2.05) is 38.9 Å². The largest absolute Gasteiger partial charge is 0.383 e. The van der Waals surface area contributed by atoms with Crippen LogP contribution < -0.4 is 4.90 Å². The van der Waals surface area contributed by atoms with E-state index >= 15 is 0 Å². The number of thiazole rings is 1. The summed E-state index contributed by atoms with van der Waals surface area (Å²) in [7, 11) is 3.18. The minimum atomic E-state index is -3.78. The number of methoxy groups -OCH3 is 2. The number of nitrogens with zero attached hydrogens (tertiary/aromatic N) is 4. The minimum absolute atomic E-state index is 0. The Morgan fingerprint density at radius 1 is 0.921 bits per heavy atom. The van der Waals surface area contributed by atoms with Crippen molar-refractivity contribution in [3.05, 3.63) is 53.1 Å². The van der Waals surface area contributed by atoms with Crippen LogP contribution in [0.15, 0.2) is 41.3 Å². The van der Waals surface area contributed by atoms with Crippen molar-refractivity contribution >= 4 is 55.0 Å².